The number of para-hydroxylation sites is 2. The Morgan fingerprint density at radius 1 is 0.833 bits per heavy atom. The summed E-state index contributed by atoms with van der Waals surface area (Å²) in [4.78, 5) is 42.1. The van der Waals surface area contributed by atoms with Crippen LogP contribution in [0.3, 0.4) is 0 Å². The number of piperazine rings is 1. The van der Waals surface area contributed by atoms with E-state index in [0.717, 1.165) is 42.8 Å². The highest BCUT2D eigenvalue weighted by atomic mass is 16.2. The molecule has 1 aromatic heterocycles. The van der Waals surface area contributed by atoms with Crippen molar-refractivity contribution >= 4 is 16.9 Å². The summed E-state index contributed by atoms with van der Waals surface area (Å²) in [6.07, 6.45) is 0. The third-order valence-electron chi connectivity index (χ3n) is 5.78. The molecular formula is C23H26N4O3. The predicted molar refractivity (Wildman–Crippen MR) is 117 cm³/mol. The number of likely N-dealkylation sites (N-methyl/N-ethyl adjacent to an activating group) is 1. The van der Waals surface area contributed by atoms with Crippen LogP contribution in [0.2, 0.25) is 0 Å². The second kappa shape index (κ2) is 8.28. The zero-order valence-electron chi connectivity index (χ0n) is 17.4. The summed E-state index contributed by atoms with van der Waals surface area (Å²) in [5, 5.41) is 0. The van der Waals surface area contributed by atoms with E-state index in [1.54, 1.807) is 12.1 Å². The third-order valence-corrected chi connectivity index (χ3v) is 5.78. The minimum Gasteiger partial charge on any atom is -0.336 e. The number of aryl methyl sites for hydroxylation is 1. The van der Waals surface area contributed by atoms with Gasteiger partial charge < -0.3 is 14.4 Å². The Morgan fingerprint density at radius 2 is 1.40 bits per heavy atom. The van der Waals surface area contributed by atoms with E-state index in [1.165, 1.54) is 9.13 Å². The predicted octanol–water partition coefficient (Wildman–Crippen LogP) is 1.62. The smallest absolute Gasteiger partial charge is 0.317 e. The molecule has 1 saturated heterocycles. The first-order valence-corrected chi connectivity index (χ1v) is 10.3. The second-order valence-electron chi connectivity index (χ2n) is 7.72. The molecular weight excluding hydrogens is 380 g/mol. The van der Waals surface area contributed by atoms with E-state index in [1.807, 2.05) is 48.2 Å². The molecule has 1 fully saturated rings. The van der Waals surface area contributed by atoms with Crippen molar-refractivity contribution in [1.29, 1.82) is 0 Å². The summed E-state index contributed by atoms with van der Waals surface area (Å²) in [7, 11) is 2.06. The summed E-state index contributed by atoms with van der Waals surface area (Å²) in [5.41, 5.74) is 1.92. The maximum Gasteiger partial charge on any atom is 0.317 e. The van der Waals surface area contributed by atoms with Gasteiger partial charge >= 0.3 is 11.1 Å². The highest BCUT2D eigenvalue weighted by Gasteiger charge is 2.20. The Bertz CT molecular complexity index is 1190. The van der Waals surface area contributed by atoms with Crippen LogP contribution >= 0.6 is 0 Å². The van der Waals surface area contributed by atoms with Crippen molar-refractivity contribution in [3.05, 3.63) is 80.4 Å². The summed E-state index contributed by atoms with van der Waals surface area (Å²) in [6, 6.07) is 14.8. The van der Waals surface area contributed by atoms with Gasteiger partial charge in [-0.3, -0.25) is 19.0 Å². The Morgan fingerprint density at radius 3 is 2.00 bits per heavy atom. The van der Waals surface area contributed by atoms with E-state index < -0.39 is 11.1 Å². The Labute approximate surface area is 174 Å². The van der Waals surface area contributed by atoms with E-state index in [9.17, 15) is 14.4 Å². The number of benzene rings is 2. The van der Waals surface area contributed by atoms with Crippen molar-refractivity contribution in [1.82, 2.24) is 18.9 Å². The van der Waals surface area contributed by atoms with Gasteiger partial charge in [-0.2, -0.15) is 0 Å². The number of rotatable bonds is 4. The lowest BCUT2D eigenvalue weighted by atomic mass is 10.1. The molecule has 0 bridgehead atoms. The lowest BCUT2D eigenvalue weighted by Crippen LogP contribution is -2.47. The molecule has 30 heavy (non-hydrogen) atoms. The van der Waals surface area contributed by atoms with Gasteiger partial charge in [0.15, 0.2) is 0 Å². The number of hydrogen-bond acceptors (Lipinski definition) is 4. The fourth-order valence-corrected chi connectivity index (χ4v) is 3.97. The van der Waals surface area contributed by atoms with E-state index in [0.29, 0.717) is 12.1 Å². The monoisotopic (exact) mass is 406 g/mol. The molecule has 7 heteroatoms. The number of nitrogens with zero attached hydrogens (tertiary/aromatic N) is 4. The summed E-state index contributed by atoms with van der Waals surface area (Å²) in [6.45, 7) is 5.79. The maximum atomic E-state index is 12.7. The van der Waals surface area contributed by atoms with Gasteiger partial charge in [0.05, 0.1) is 17.6 Å². The summed E-state index contributed by atoms with van der Waals surface area (Å²) >= 11 is 0. The Balaban J connectivity index is 1.62. The molecule has 3 aromatic rings. The van der Waals surface area contributed by atoms with Crippen LogP contribution in [-0.4, -0.2) is 58.1 Å². The van der Waals surface area contributed by atoms with Crippen LogP contribution in [-0.2, 0) is 13.1 Å². The van der Waals surface area contributed by atoms with Crippen molar-refractivity contribution in [2.45, 2.75) is 20.0 Å². The molecule has 0 aliphatic carbocycles. The van der Waals surface area contributed by atoms with Crippen LogP contribution in [0.4, 0.5) is 0 Å². The molecule has 1 aliphatic rings. The summed E-state index contributed by atoms with van der Waals surface area (Å²) in [5.74, 6) is 0.0304. The lowest BCUT2D eigenvalue weighted by Gasteiger charge is -2.32. The molecule has 7 nitrogen and oxygen atoms in total. The van der Waals surface area contributed by atoms with Gasteiger partial charge in [0.25, 0.3) is 5.91 Å². The first-order chi connectivity index (χ1) is 14.5. The van der Waals surface area contributed by atoms with Gasteiger partial charge in [-0.15, -0.1) is 0 Å². The van der Waals surface area contributed by atoms with Crippen LogP contribution in [0.25, 0.3) is 11.0 Å². The normalized spacial score (nSPS) is 14.9. The molecule has 0 radical (unpaired) electrons. The van der Waals surface area contributed by atoms with Gasteiger partial charge in [-0.25, -0.2) is 0 Å². The van der Waals surface area contributed by atoms with Crippen molar-refractivity contribution in [3.8, 4) is 0 Å². The van der Waals surface area contributed by atoms with Gasteiger partial charge in [-0.1, -0.05) is 24.3 Å². The highest BCUT2D eigenvalue weighted by molar-refractivity contribution is 5.94. The molecule has 0 unspecified atom stereocenters. The Hall–Kier alpha value is -3.19. The molecule has 156 valence electrons. The second-order valence-corrected chi connectivity index (χ2v) is 7.72. The zero-order valence-corrected chi connectivity index (χ0v) is 17.4. The van der Waals surface area contributed by atoms with Gasteiger partial charge in [-0.05, 0) is 43.8 Å². The van der Waals surface area contributed by atoms with Gasteiger partial charge in [0.2, 0.25) is 0 Å². The molecule has 2 aromatic carbocycles. The molecule has 0 spiro atoms. The van der Waals surface area contributed by atoms with Crippen LogP contribution in [0, 0.1) is 0 Å². The van der Waals surface area contributed by atoms with Crippen LogP contribution in [0.15, 0.2) is 58.1 Å². The first kappa shape index (κ1) is 20.1. The van der Waals surface area contributed by atoms with Crippen molar-refractivity contribution < 1.29 is 4.79 Å². The SMILES string of the molecule is CCn1c(=O)c(=O)n(Cc2ccc(C(=O)N3CCN(C)CC3)cc2)c2ccccc21. The number of aromatic nitrogens is 2. The quantitative estimate of drug-likeness (QED) is 0.618. The topological polar surface area (TPSA) is 67.5 Å². The van der Waals surface area contributed by atoms with Crippen molar-refractivity contribution in [2.75, 3.05) is 33.2 Å². The fraction of sp³-hybridized carbons (Fsp3) is 0.348. The molecule has 1 amide bonds. The molecule has 2 heterocycles. The van der Waals surface area contributed by atoms with Gasteiger partial charge in [0, 0.05) is 38.3 Å². The van der Waals surface area contributed by atoms with E-state index in [4.69, 9.17) is 0 Å². The largest absolute Gasteiger partial charge is 0.336 e. The Kier molecular flexibility index (Phi) is 5.55. The van der Waals surface area contributed by atoms with E-state index in [-0.39, 0.29) is 12.5 Å². The number of carbonyl (C=O) groups excluding carboxylic acids is 1. The first-order valence-electron chi connectivity index (χ1n) is 10.3. The number of amides is 1. The summed E-state index contributed by atoms with van der Waals surface area (Å²) < 4.78 is 3.02. The van der Waals surface area contributed by atoms with Crippen LogP contribution in [0.5, 0.6) is 0 Å². The molecule has 0 saturated carbocycles. The van der Waals surface area contributed by atoms with E-state index in [2.05, 4.69) is 11.9 Å². The molecule has 1 aliphatic heterocycles. The molecule has 0 N–H and O–H groups in total. The van der Waals surface area contributed by atoms with Crippen molar-refractivity contribution in [3.63, 3.8) is 0 Å². The minimum absolute atomic E-state index is 0.0304. The zero-order chi connectivity index (χ0) is 21.3. The molecule has 4 rings (SSSR count). The van der Waals surface area contributed by atoms with Crippen LogP contribution < -0.4 is 11.1 Å². The lowest BCUT2D eigenvalue weighted by molar-refractivity contribution is 0.0664. The maximum absolute atomic E-state index is 12.7. The third kappa shape index (κ3) is 3.68. The standard InChI is InChI=1S/C23H26N4O3/c1-3-26-19-6-4-5-7-20(19)27(23(30)22(26)29)16-17-8-10-18(11-9-17)21(28)25-14-12-24(2)13-15-25/h4-11H,3,12-16H2,1-2H3. The average Bonchev–Trinajstić information content (AvgIpc) is 2.78. The number of fused-ring (bicyclic) bond motifs is 1. The highest BCUT2D eigenvalue weighted by Crippen LogP contribution is 2.14. The molecule has 0 atom stereocenters. The van der Waals surface area contributed by atoms with Crippen LogP contribution in [0.1, 0.15) is 22.8 Å². The van der Waals surface area contributed by atoms with E-state index >= 15 is 0 Å². The minimum atomic E-state index is -0.534. The number of carbonyl (C=O) groups is 1. The average molecular weight is 406 g/mol. The van der Waals surface area contributed by atoms with Crippen molar-refractivity contribution in [2.24, 2.45) is 0 Å². The van der Waals surface area contributed by atoms with Gasteiger partial charge in [0.1, 0.15) is 0 Å². The number of hydrogen-bond donors (Lipinski definition) is 0. The fourth-order valence-electron chi connectivity index (χ4n) is 3.97.